The number of benzene rings is 3. The molecule has 144 valence electrons. The van der Waals surface area contributed by atoms with Gasteiger partial charge in [0, 0.05) is 23.0 Å². The lowest BCUT2D eigenvalue weighted by Gasteiger charge is -2.38. The lowest BCUT2D eigenvalue weighted by atomic mass is 10.1. The fourth-order valence-corrected chi connectivity index (χ4v) is 3.71. The van der Waals surface area contributed by atoms with Crippen molar-refractivity contribution in [3.05, 3.63) is 91.0 Å². The summed E-state index contributed by atoms with van der Waals surface area (Å²) in [5.41, 5.74) is 4.39. The summed E-state index contributed by atoms with van der Waals surface area (Å²) in [6, 6.07) is 31.1. The molecule has 0 fully saturated rings. The fraction of sp³-hybridized carbons (Fsp3) is 0.125. The van der Waals surface area contributed by atoms with Crippen molar-refractivity contribution in [3.8, 4) is 17.0 Å². The van der Waals surface area contributed by atoms with Gasteiger partial charge in [0.05, 0.1) is 19.5 Å². The molecule has 5 heteroatoms. The maximum Gasteiger partial charge on any atom is 0.135 e. The molecule has 0 saturated heterocycles. The highest BCUT2D eigenvalue weighted by Crippen LogP contribution is 2.34. The lowest BCUT2D eigenvalue weighted by molar-refractivity contribution is 0.414. The lowest BCUT2D eigenvalue weighted by Crippen LogP contribution is -2.43. The van der Waals surface area contributed by atoms with Crippen LogP contribution in [0.5, 0.6) is 5.75 Å². The average molecular weight is 382 g/mol. The van der Waals surface area contributed by atoms with Crippen LogP contribution in [0.1, 0.15) is 0 Å². The minimum atomic E-state index is 0.692. The number of aromatic nitrogens is 2. The van der Waals surface area contributed by atoms with Gasteiger partial charge in [-0.1, -0.05) is 48.5 Å². The second kappa shape index (κ2) is 7.36. The van der Waals surface area contributed by atoms with Gasteiger partial charge in [0.25, 0.3) is 0 Å². The highest BCUT2D eigenvalue weighted by Gasteiger charge is 2.26. The van der Waals surface area contributed by atoms with E-state index in [1.807, 2.05) is 36.4 Å². The molecule has 1 aromatic heterocycles. The van der Waals surface area contributed by atoms with E-state index in [-0.39, 0.29) is 0 Å². The van der Waals surface area contributed by atoms with Gasteiger partial charge in [-0.2, -0.15) is 5.10 Å². The van der Waals surface area contributed by atoms with E-state index in [2.05, 4.69) is 69.1 Å². The molecule has 0 radical (unpaired) electrons. The molecule has 0 bridgehead atoms. The molecule has 3 aromatic carbocycles. The van der Waals surface area contributed by atoms with Gasteiger partial charge in [0.15, 0.2) is 0 Å². The van der Waals surface area contributed by atoms with Crippen molar-refractivity contribution in [2.75, 3.05) is 23.6 Å². The fourth-order valence-electron chi connectivity index (χ4n) is 3.71. The number of hydrogen-bond acceptors (Lipinski definition) is 4. The van der Waals surface area contributed by atoms with Crippen LogP contribution in [0.15, 0.2) is 91.0 Å². The van der Waals surface area contributed by atoms with E-state index in [1.54, 1.807) is 7.11 Å². The van der Waals surface area contributed by atoms with Gasteiger partial charge in [0.2, 0.25) is 0 Å². The molecule has 1 aliphatic rings. The normalized spacial score (nSPS) is 13.3. The molecular formula is C24H22N4O. The zero-order valence-electron chi connectivity index (χ0n) is 16.3. The van der Waals surface area contributed by atoms with Crippen LogP contribution in [0.4, 0.5) is 17.2 Å². The number of methoxy groups -OCH3 is 1. The number of rotatable bonds is 4. The third-order valence-corrected chi connectivity index (χ3v) is 5.23. The van der Waals surface area contributed by atoms with Gasteiger partial charge in [-0.15, -0.1) is 0 Å². The third kappa shape index (κ3) is 3.31. The highest BCUT2D eigenvalue weighted by molar-refractivity contribution is 5.70. The Balaban J connectivity index is 1.56. The van der Waals surface area contributed by atoms with Crippen LogP contribution in [-0.2, 0) is 6.67 Å². The largest absolute Gasteiger partial charge is 0.497 e. The Kier molecular flexibility index (Phi) is 4.41. The minimum Gasteiger partial charge on any atom is -0.497 e. The third-order valence-electron chi connectivity index (χ3n) is 5.23. The van der Waals surface area contributed by atoms with E-state index < -0.39 is 0 Å². The van der Waals surface area contributed by atoms with Gasteiger partial charge in [-0.25, -0.2) is 4.68 Å². The summed E-state index contributed by atoms with van der Waals surface area (Å²) in [6.45, 7) is 1.44. The first-order valence-electron chi connectivity index (χ1n) is 9.67. The van der Waals surface area contributed by atoms with Crippen LogP contribution in [0.2, 0.25) is 0 Å². The number of fused-ring (bicyclic) bond motifs is 1. The van der Waals surface area contributed by atoms with Gasteiger partial charge in [-0.3, -0.25) is 0 Å². The van der Waals surface area contributed by atoms with Gasteiger partial charge >= 0.3 is 0 Å². The van der Waals surface area contributed by atoms with E-state index in [0.717, 1.165) is 40.9 Å². The van der Waals surface area contributed by atoms with Crippen molar-refractivity contribution in [2.45, 2.75) is 6.67 Å². The first-order chi connectivity index (χ1) is 14.3. The second-order valence-electron chi connectivity index (χ2n) is 7.04. The summed E-state index contributed by atoms with van der Waals surface area (Å²) in [5, 5.41) is 4.91. The monoisotopic (exact) mass is 382 g/mol. The van der Waals surface area contributed by atoms with Crippen molar-refractivity contribution in [1.29, 1.82) is 0 Å². The summed E-state index contributed by atoms with van der Waals surface area (Å²) in [7, 11) is 1.69. The van der Waals surface area contributed by atoms with Crippen LogP contribution in [0.3, 0.4) is 0 Å². The smallest absolute Gasteiger partial charge is 0.135 e. The molecule has 4 aromatic rings. The van der Waals surface area contributed by atoms with Gasteiger partial charge in [-0.05, 0) is 36.4 Å². The molecule has 0 unspecified atom stereocenters. The van der Waals surface area contributed by atoms with E-state index in [0.29, 0.717) is 6.67 Å². The summed E-state index contributed by atoms with van der Waals surface area (Å²) < 4.78 is 7.38. The predicted molar refractivity (Wildman–Crippen MR) is 117 cm³/mol. The van der Waals surface area contributed by atoms with E-state index in [9.17, 15) is 0 Å². The SMILES string of the molecule is COc1ccc(N2CN(c3ccccc3)c3cc(-c4ccccc4)nn3C2)cc1. The summed E-state index contributed by atoms with van der Waals surface area (Å²) in [5.74, 6) is 1.96. The summed E-state index contributed by atoms with van der Waals surface area (Å²) in [6.07, 6.45) is 0. The van der Waals surface area contributed by atoms with E-state index >= 15 is 0 Å². The topological polar surface area (TPSA) is 33.5 Å². The average Bonchev–Trinajstić information content (AvgIpc) is 3.24. The molecule has 0 aliphatic carbocycles. The second-order valence-corrected chi connectivity index (χ2v) is 7.04. The maximum absolute atomic E-state index is 5.31. The quantitative estimate of drug-likeness (QED) is 0.490. The number of anilines is 3. The van der Waals surface area contributed by atoms with Crippen LogP contribution >= 0.6 is 0 Å². The molecule has 0 atom stereocenters. The maximum atomic E-state index is 5.31. The van der Waals surface area contributed by atoms with Crippen molar-refractivity contribution in [2.24, 2.45) is 0 Å². The van der Waals surface area contributed by atoms with Gasteiger partial charge in [0.1, 0.15) is 18.2 Å². The first-order valence-corrected chi connectivity index (χ1v) is 9.67. The Bertz CT molecular complexity index is 1090. The zero-order valence-corrected chi connectivity index (χ0v) is 16.3. The molecule has 0 N–H and O–H groups in total. The molecule has 5 rings (SSSR count). The number of ether oxygens (including phenoxy) is 1. The molecular weight excluding hydrogens is 360 g/mol. The van der Waals surface area contributed by atoms with E-state index in [4.69, 9.17) is 9.84 Å². The van der Waals surface area contributed by atoms with Gasteiger partial charge < -0.3 is 14.5 Å². The number of hydrogen-bond donors (Lipinski definition) is 0. The van der Waals surface area contributed by atoms with Crippen LogP contribution in [0.25, 0.3) is 11.3 Å². The number of para-hydroxylation sites is 1. The Morgan fingerprint density at radius 1 is 0.759 bits per heavy atom. The first kappa shape index (κ1) is 17.4. The van der Waals surface area contributed by atoms with Crippen LogP contribution < -0.4 is 14.5 Å². The molecule has 0 amide bonds. The number of nitrogens with zero attached hydrogens (tertiary/aromatic N) is 4. The molecule has 2 heterocycles. The Morgan fingerprint density at radius 2 is 1.45 bits per heavy atom. The molecule has 0 spiro atoms. The van der Waals surface area contributed by atoms with E-state index in [1.165, 1.54) is 0 Å². The Morgan fingerprint density at radius 3 is 2.14 bits per heavy atom. The van der Waals surface area contributed by atoms with Crippen molar-refractivity contribution >= 4 is 17.2 Å². The molecule has 0 saturated carbocycles. The molecule has 5 nitrogen and oxygen atoms in total. The van der Waals surface area contributed by atoms with Crippen LogP contribution in [0, 0.1) is 0 Å². The predicted octanol–water partition coefficient (Wildman–Crippen LogP) is 5.13. The highest BCUT2D eigenvalue weighted by atomic mass is 16.5. The van der Waals surface area contributed by atoms with Crippen molar-refractivity contribution in [3.63, 3.8) is 0 Å². The van der Waals surface area contributed by atoms with Crippen molar-refractivity contribution in [1.82, 2.24) is 9.78 Å². The Labute approximate surface area is 170 Å². The minimum absolute atomic E-state index is 0.692. The zero-order chi connectivity index (χ0) is 19.6. The molecule has 29 heavy (non-hydrogen) atoms. The summed E-state index contributed by atoms with van der Waals surface area (Å²) in [4.78, 5) is 4.61. The molecule has 1 aliphatic heterocycles. The Hall–Kier alpha value is -3.73. The van der Waals surface area contributed by atoms with Crippen LogP contribution in [-0.4, -0.2) is 23.6 Å². The standard InChI is InChI=1S/C24H22N4O/c1-29-22-14-12-20(13-15-22)26-17-27(21-10-6-3-7-11-21)24-16-23(25-28(24)18-26)19-8-4-2-5-9-19/h2-16H,17-18H2,1H3. The summed E-state index contributed by atoms with van der Waals surface area (Å²) >= 11 is 0. The van der Waals surface area contributed by atoms with Crippen molar-refractivity contribution < 1.29 is 4.74 Å².